The van der Waals surface area contributed by atoms with Gasteiger partial charge in [0.25, 0.3) is 0 Å². The number of benzene rings is 3. The predicted octanol–water partition coefficient (Wildman–Crippen LogP) is -6.62. The summed E-state index contributed by atoms with van der Waals surface area (Å²) in [6.07, 6.45) is -3.14. The summed E-state index contributed by atoms with van der Waals surface area (Å²) in [4.78, 5) is 186. The van der Waals surface area contributed by atoms with E-state index in [9.17, 15) is 93.0 Å². The number of imidazole rings is 1. The zero-order valence-corrected chi connectivity index (χ0v) is 55.2. The fourth-order valence-corrected chi connectivity index (χ4v) is 9.85. The van der Waals surface area contributed by atoms with E-state index in [-0.39, 0.29) is 67.6 Å². The summed E-state index contributed by atoms with van der Waals surface area (Å²) in [6, 6.07) is 1.11. The van der Waals surface area contributed by atoms with Crippen molar-refractivity contribution in [3.8, 4) is 11.5 Å². The molecule has 0 aliphatic rings. The molecule has 12 atom stereocenters. The van der Waals surface area contributed by atoms with E-state index >= 15 is 0 Å². The number of aromatic nitrogens is 2. The molecule has 538 valence electrons. The van der Waals surface area contributed by atoms with Gasteiger partial charge in [0.2, 0.25) is 65.0 Å². The summed E-state index contributed by atoms with van der Waals surface area (Å²) in [7, 11) is 0. The lowest BCUT2D eigenvalue weighted by Crippen LogP contribution is -2.62. The Bertz CT molecular complexity index is 3440. The highest BCUT2D eigenvalue weighted by Gasteiger charge is 2.38. The molecule has 0 saturated heterocycles. The number of aliphatic hydroxyl groups excluding tert-OH is 2. The molecule has 99 heavy (non-hydrogen) atoms. The van der Waals surface area contributed by atoms with E-state index in [4.69, 9.17) is 22.9 Å². The van der Waals surface area contributed by atoms with Crippen LogP contribution in [0.3, 0.4) is 0 Å². The Balaban J connectivity index is 1.54. The predicted molar refractivity (Wildman–Crippen MR) is 358 cm³/mol. The number of aromatic hydroxyl groups is 2. The first kappa shape index (κ1) is 80.9. The number of carboxylic acid groups (broad SMARTS) is 2. The van der Waals surface area contributed by atoms with Crippen LogP contribution in [0.1, 0.15) is 61.4 Å². The summed E-state index contributed by atoms with van der Waals surface area (Å²) in [5.41, 5.74) is 24.3. The lowest BCUT2D eigenvalue weighted by atomic mass is 10.0. The molecule has 11 amide bonds. The number of aliphatic hydroxyl groups is 2. The molecular formula is C61H83N17O19S2. The number of guanidine groups is 1. The van der Waals surface area contributed by atoms with Crippen molar-refractivity contribution in [3.05, 3.63) is 114 Å². The number of phenolic OH excluding ortho intramolecular Hbond substituents is 2. The minimum Gasteiger partial charge on any atom is -0.508 e. The minimum atomic E-state index is -2.03. The molecule has 36 nitrogen and oxygen atoms in total. The minimum absolute atomic E-state index is 0.0140. The van der Waals surface area contributed by atoms with Gasteiger partial charge in [-0.1, -0.05) is 54.6 Å². The van der Waals surface area contributed by atoms with Crippen molar-refractivity contribution in [1.29, 1.82) is 0 Å². The van der Waals surface area contributed by atoms with Crippen LogP contribution in [0.5, 0.6) is 11.5 Å². The molecule has 3 aromatic carbocycles. The highest BCUT2D eigenvalue weighted by molar-refractivity contribution is 7.80. The van der Waals surface area contributed by atoms with Crippen LogP contribution in [0.2, 0.25) is 0 Å². The van der Waals surface area contributed by atoms with Gasteiger partial charge in [-0.15, -0.1) is 0 Å². The third-order valence-electron chi connectivity index (χ3n) is 14.7. The van der Waals surface area contributed by atoms with Gasteiger partial charge in [-0.25, -0.2) is 9.78 Å². The van der Waals surface area contributed by atoms with Gasteiger partial charge in [0.15, 0.2) is 5.96 Å². The van der Waals surface area contributed by atoms with Gasteiger partial charge < -0.3 is 112 Å². The molecule has 0 unspecified atom stereocenters. The van der Waals surface area contributed by atoms with Crippen LogP contribution in [0, 0.1) is 0 Å². The number of aliphatic imine (C=N–C) groups is 1. The number of rotatable bonds is 42. The highest BCUT2D eigenvalue weighted by Crippen LogP contribution is 2.15. The SMILES string of the molecule is C[C@@H](O)[C@H](NC(=O)[C@H](Cc1ccccc1)NC(=O)[C@H](CS)NC(=O)[C@@H](N)Cc1ccc(O)cc1)C(=O)N[C@@H](CCCN=C(N)N)C(=O)N[C@@H](CO)C(=O)N[C@@H](CCC(=O)O)C(=O)N[C@@H](CC(N)=O)C(=O)N[C@@H](Cc1cnc[nH]1)C(=O)N[C@@H](CS)C(=O)N[C@@H](Cc1ccc(O)cc1)C(=O)O. The van der Waals surface area contributed by atoms with Gasteiger partial charge in [-0.05, 0) is 73.6 Å². The Labute approximate surface area is 577 Å². The van der Waals surface area contributed by atoms with E-state index in [0.717, 1.165) is 6.92 Å². The molecule has 0 spiro atoms. The second kappa shape index (κ2) is 40.9. The Kier molecular flexibility index (Phi) is 33.4. The third kappa shape index (κ3) is 28.2. The maximum Gasteiger partial charge on any atom is 0.326 e. The molecule has 0 bridgehead atoms. The molecular weight excluding hydrogens is 1340 g/mol. The molecule has 0 aliphatic heterocycles. The summed E-state index contributed by atoms with van der Waals surface area (Å²) < 4.78 is 0. The van der Waals surface area contributed by atoms with Crippen molar-refractivity contribution in [3.63, 3.8) is 0 Å². The lowest BCUT2D eigenvalue weighted by molar-refractivity contribution is -0.142. The number of hydrogen-bond donors (Lipinski definition) is 23. The number of amides is 11. The first-order valence-electron chi connectivity index (χ1n) is 30.6. The molecule has 25 N–H and O–H groups in total. The number of H-pyrrole nitrogens is 1. The van der Waals surface area contributed by atoms with Crippen LogP contribution in [-0.4, -0.2) is 221 Å². The normalized spacial score (nSPS) is 14.6. The standard InChI is InChI=1S/C61H83N17O19S2/c1-30(80)49(78-55(91)40(21-31-6-3-2-4-7-31)71-57(93)45(27-98)76-50(86)37(62)20-32-9-13-35(81)14-10-32)59(95)70-38(8-5-19-67-61(64)65)51(87)75-44(26-79)56(92)69-39(17-18-48(84)85)52(88)73-42(24-47(63)83)54(90)72-41(23-34-25-66-29-68-34)53(89)77-46(28-99)58(94)74-43(60(96)97)22-33-11-15-36(82)16-12-33/h2-4,6-7,9-16,25,29-30,37-46,49,79-82,98-99H,5,8,17-24,26-28,62H2,1H3,(H2,63,83)(H,66,68)(H,69,92)(H,70,95)(H,71,93)(H,72,90)(H,73,88)(H,74,94)(H,75,87)(H,76,86)(H,77,89)(H,78,91)(H,84,85)(H,96,97)(H4,64,65,67)/t30-,37+,38+,39+,40+,41+,42+,43+,44+,45+,46+,49+/m1/s1. The van der Waals surface area contributed by atoms with Crippen LogP contribution in [-0.2, 0) is 88.0 Å². The number of thiol groups is 2. The number of nitrogens with two attached hydrogens (primary N) is 4. The number of carboxylic acids is 2. The molecule has 4 rings (SSSR count). The van der Waals surface area contributed by atoms with E-state index in [2.05, 4.69) is 93.4 Å². The fourth-order valence-electron chi connectivity index (χ4n) is 9.34. The molecule has 38 heteroatoms. The van der Waals surface area contributed by atoms with Crippen molar-refractivity contribution >= 4 is 108 Å². The van der Waals surface area contributed by atoms with E-state index in [1.807, 2.05) is 0 Å². The second-order valence-electron chi connectivity index (χ2n) is 22.5. The maximum atomic E-state index is 14.2. The number of nitrogens with one attached hydrogen (secondary N) is 11. The fraction of sp³-hybridized carbons (Fsp3) is 0.426. The highest BCUT2D eigenvalue weighted by atomic mass is 32.1. The molecule has 0 radical (unpaired) electrons. The van der Waals surface area contributed by atoms with Gasteiger partial charge in [0, 0.05) is 55.6 Å². The molecule has 4 aromatic rings. The van der Waals surface area contributed by atoms with Gasteiger partial charge in [-0.2, -0.15) is 25.3 Å². The van der Waals surface area contributed by atoms with Gasteiger partial charge in [0.1, 0.15) is 71.9 Å². The molecule has 0 saturated carbocycles. The number of carbonyl (C=O) groups is 13. The van der Waals surface area contributed by atoms with Gasteiger partial charge >= 0.3 is 11.9 Å². The van der Waals surface area contributed by atoms with Crippen molar-refractivity contribution in [2.24, 2.45) is 27.9 Å². The van der Waals surface area contributed by atoms with Crippen LogP contribution in [0.25, 0.3) is 0 Å². The number of nitrogens with zero attached hydrogens (tertiary/aromatic N) is 2. The number of hydrogen-bond acceptors (Lipinski definition) is 22. The van der Waals surface area contributed by atoms with Crippen molar-refractivity contribution in [1.82, 2.24) is 63.1 Å². The van der Waals surface area contributed by atoms with Crippen molar-refractivity contribution in [2.75, 3.05) is 24.7 Å². The monoisotopic (exact) mass is 1420 g/mol. The molecule has 1 aromatic heterocycles. The average Bonchev–Trinajstić information content (AvgIpc) is 1.44. The van der Waals surface area contributed by atoms with Crippen LogP contribution >= 0.6 is 25.3 Å². The lowest BCUT2D eigenvalue weighted by Gasteiger charge is -2.28. The Morgan fingerprint density at radius 3 is 1.44 bits per heavy atom. The number of carbonyl (C=O) groups excluding carboxylic acids is 11. The average molecular weight is 1420 g/mol. The van der Waals surface area contributed by atoms with Crippen molar-refractivity contribution < 1.29 is 93.0 Å². The summed E-state index contributed by atoms with van der Waals surface area (Å²) >= 11 is 8.37. The summed E-state index contributed by atoms with van der Waals surface area (Å²) in [6.45, 7) is -0.283. The summed E-state index contributed by atoms with van der Waals surface area (Å²) in [5.74, 6) is -16.6. The zero-order chi connectivity index (χ0) is 73.5. The molecule has 0 aliphatic carbocycles. The molecule has 1 heterocycles. The first-order chi connectivity index (χ1) is 46.9. The maximum absolute atomic E-state index is 14.2. The second-order valence-corrected chi connectivity index (χ2v) is 23.3. The van der Waals surface area contributed by atoms with Crippen LogP contribution in [0.15, 0.2) is 96.4 Å². The first-order valence-corrected chi connectivity index (χ1v) is 31.8. The molecule has 0 fully saturated rings. The Morgan fingerprint density at radius 1 is 0.515 bits per heavy atom. The third-order valence-corrected chi connectivity index (χ3v) is 15.4. The quantitative estimate of drug-likeness (QED) is 0.00849. The van der Waals surface area contributed by atoms with E-state index in [0.29, 0.717) is 16.7 Å². The van der Waals surface area contributed by atoms with Crippen LogP contribution < -0.4 is 76.1 Å². The number of phenols is 2. The smallest absolute Gasteiger partial charge is 0.326 e. The zero-order valence-electron chi connectivity index (χ0n) is 53.4. The van der Waals surface area contributed by atoms with Gasteiger partial charge in [-0.3, -0.25) is 62.5 Å². The summed E-state index contributed by atoms with van der Waals surface area (Å²) in [5, 5.41) is 83.7. The largest absolute Gasteiger partial charge is 0.508 e. The Morgan fingerprint density at radius 2 is 0.939 bits per heavy atom. The Hall–Kier alpha value is -10.6. The topological polar surface area (TPSA) is 609 Å². The van der Waals surface area contributed by atoms with Crippen molar-refractivity contribution in [2.45, 2.75) is 137 Å². The van der Waals surface area contributed by atoms with Crippen LogP contribution in [0.4, 0.5) is 0 Å². The van der Waals surface area contributed by atoms with E-state index in [1.165, 1.54) is 48.9 Å². The number of primary amides is 1. The van der Waals surface area contributed by atoms with Gasteiger partial charge in [0.05, 0.1) is 31.5 Å². The van der Waals surface area contributed by atoms with E-state index in [1.54, 1.807) is 42.5 Å². The number of aliphatic carboxylic acids is 2. The van der Waals surface area contributed by atoms with E-state index < -0.39 is 188 Å². The number of aromatic amines is 1.